The number of carbonyl (C=O) groups is 1. The maximum absolute atomic E-state index is 14.4. The molecule has 0 aliphatic rings. The van der Waals surface area contributed by atoms with E-state index in [1.54, 1.807) is 6.07 Å². The van der Waals surface area contributed by atoms with Gasteiger partial charge in [0.2, 0.25) is 10.0 Å². The Balaban J connectivity index is 2.04. The predicted octanol–water partition coefficient (Wildman–Crippen LogP) is 5.47. The summed E-state index contributed by atoms with van der Waals surface area (Å²) in [6, 6.07) is 12.4. The third-order valence-corrected chi connectivity index (χ3v) is 6.95. The number of carbonyl (C=O) groups excluding carboxylic acids is 1. The lowest BCUT2D eigenvalue weighted by molar-refractivity contribution is -0.154. The van der Waals surface area contributed by atoms with Crippen molar-refractivity contribution in [1.29, 1.82) is 0 Å². The van der Waals surface area contributed by atoms with Gasteiger partial charge in [0.05, 0.1) is 30.0 Å². The van der Waals surface area contributed by atoms with Crippen molar-refractivity contribution in [2.75, 3.05) is 24.1 Å². The number of benzene rings is 2. The number of anilines is 1. The topological polar surface area (TPSA) is 96.5 Å². The summed E-state index contributed by atoms with van der Waals surface area (Å²) in [5.74, 6) is -0.977. The van der Waals surface area contributed by atoms with E-state index in [0.717, 1.165) is 11.8 Å². The molecule has 0 saturated heterocycles. The Labute approximate surface area is 238 Å². The minimum Gasteiger partial charge on any atom is -0.465 e. The van der Waals surface area contributed by atoms with Crippen LogP contribution < -0.4 is 15.4 Å². The molecule has 0 aromatic heterocycles. The number of hydrogen-bond acceptors (Lipinski definition) is 5. The van der Waals surface area contributed by atoms with Crippen LogP contribution >= 0.6 is 12.2 Å². The van der Waals surface area contributed by atoms with Gasteiger partial charge in [-0.2, -0.15) is 0 Å². The zero-order valence-corrected chi connectivity index (χ0v) is 25.8. The summed E-state index contributed by atoms with van der Waals surface area (Å²) < 4.78 is 45.0. The van der Waals surface area contributed by atoms with Crippen molar-refractivity contribution in [3.8, 4) is 0 Å². The van der Waals surface area contributed by atoms with E-state index in [4.69, 9.17) is 17.0 Å². The number of sulfonamides is 1. The summed E-state index contributed by atoms with van der Waals surface area (Å²) in [6.07, 6.45) is 1.65. The molecule has 7 nitrogen and oxygen atoms in total. The minimum atomic E-state index is -3.59. The lowest BCUT2D eigenvalue weighted by atomic mass is 9.86. The second-order valence-corrected chi connectivity index (χ2v) is 14.2. The molecule has 2 aromatic rings. The van der Waals surface area contributed by atoms with E-state index in [1.165, 1.54) is 17.7 Å². The highest BCUT2D eigenvalue weighted by Gasteiger charge is 2.25. The molecule has 0 saturated carbocycles. The van der Waals surface area contributed by atoms with E-state index >= 15 is 0 Å². The molecular weight excluding hydrogens is 537 g/mol. The highest BCUT2D eigenvalue weighted by atomic mass is 32.2. The summed E-state index contributed by atoms with van der Waals surface area (Å²) in [7, 11) is -3.59. The van der Waals surface area contributed by atoms with E-state index in [2.05, 4.69) is 60.4 Å². The fourth-order valence-electron chi connectivity index (χ4n) is 3.73. The van der Waals surface area contributed by atoms with Crippen molar-refractivity contribution < 1.29 is 22.3 Å². The summed E-state index contributed by atoms with van der Waals surface area (Å²) >= 11 is 5.48. The van der Waals surface area contributed by atoms with Gasteiger partial charge in [0.25, 0.3) is 0 Å². The number of thiocarbonyl (C=S) groups is 1. The predicted molar refractivity (Wildman–Crippen MR) is 160 cm³/mol. The number of halogens is 1. The first kappa shape index (κ1) is 32.5. The Bertz CT molecular complexity index is 1250. The highest BCUT2D eigenvalue weighted by molar-refractivity contribution is 7.92. The Morgan fingerprint density at radius 2 is 1.67 bits per heavy atom. The Morgan fingerprint density at radius 1 is 1.05 bits per heavy atom. The molecule has 0 aliphatic heterocycles. The van der Waals surface area contributed by atoms with Crippen LogP contribution in [0, 0.1) is 17.2 Å². The van der Waals surface area contributed by atoms with Crippen molar-refractivity contribution in [3.63, 3.8) is 0 Å². The fourth-order valence-corrected chi connectivity index (χ4v) is 4.55. The summed E-state index contributed by atoms with van der Waals surface area (Å²) in [4.78, 5) is 12.4. The second-order valence-electron chi connectivity index (χ2n) is 12.1. The molecule has 2 unspecified atom stereocenters. The minimum absolute atomic E-state index is 0.0364. The molecule has 2 aromatic carbocycles. The third-order valence-electron chi connectivity index (χ3n) is 6.09. The van der Waals surface area contributed by atoms with E-state index in [0.29, 0.717) is 23.6 Å². The van der Waals surface area contributed by atoms with Gasteiger partial charge < -0.3 is 15.4 Å². The number of esters is 1. The average molecular weight is 580 g/mol. The van der Waals surface area contributed by atoms with Gasteiger partial charge >= 0.3 is 5.97 Å². The standard InChI is InChI=1S/C29H42FN3O4S2/c1-19(22-11-14-25(24(30)16-22)33-39(8,35)36)32-27(38)31-17-21(18-37-26(34)29(5,6)7)15-20-9-12-23(13-10-20)28(2,3)4/h9-14,16,19,21,33H,15,17-18H2,1-8H3,(H2,31,32,38). The monoisotopic (exact) mass is 579 g/mol. The van der Waals surface area contributed by atoms with Gasteiger partial charge in [0.15, 0.2) is 5.11 Å². The van der Waals surface area contributed by atoms with Crippen molar-refractivity contribution in [3.05, 3.63) is 65.0 Å². The fraction of sp³-hybridized carbons (Fsp3) is 0.517. The van der Waals surface area contributed by atoms with Crippen LogP contribution in [-0.4, -0.2) is 38.9 Å². The number of rotatable bonds is 10. The highest BCUT2D eigenvalue weighted by Crippen LogP contribution is 2.24. The average Bonchev–Trinajstić information content (AvgIpc) is 2.80. The summed E-state index contributed by atoms with van der Waals surface area (Å²) in [5, 5.41) is 6.71. The first-order valence-corrected chi connectivity index (χ1v) is 15.2. The first-order chi connectivity index (χ1) is 17.8. The number of nitrogens with one attached hydrogen (secondary N) is 3. The Morgan fingerprint density at radius 3 is 2.18 bits per heavy atom. The zero-order chi connectivity index (χ0) is 29.6. The van der Waals surface area contributed by atoms with Crippen LogP contribution in [0.1, 0.15) is 71.2 Å². The molecule has 0 heterocycles. The molecule has 0 radical (unpaired) electrons. The molecule has 0 bridgehead atoms. The lowest BCUT2D eigenvalue weighted by Gasteiger charge is -2.24. The van der Waals surface area contributed by atoms with Gasteiger partial charge in [-0.3, -0.25) is 9.52 Å². The van der Waals surface area contributed by atoms with Crippen LogP contribution in [0.4, 0.5) is 10.1 Å². The maximum Gasteiger partial charge on any atom is 0.311 e. The maximum atomic E-state index is 14.4. The molecule has 0 spiro atoms. The van der Waals surface area contributed by atoms with Crippen molar-refractivity contribution in [2.45, 2.75) is 66.3 Å². The molecule has 216 valence electrons. The molecule has 39 heavy (non-hydrogen) atoms. The Kier molecular flexibility index (Phi) is 10.9. The molecule has 0 fully saturated rings. The van der Waals surface area contributed by atoms with E-state index in [-0.39, 0.29) is 35.6 Å². The van der Waals surface area contributed by atoms with Crippen LogP contribution in [0.3, 0.4) is 0 Å². The van der Waals surface area contributed by atoms with Crippen LogP contribution in [0.25, 0.3) is 0 Å². The van der Waals surface area contributed by atoms with Gasteiger partial charge in [0.1, 0.15) is 5.82 Å². The quantitative estimate of drug-likeness (QED) is 0.254. The summed E-state index contributed by atoms with van der Waals surface area (Å²) in [5.41, 5.74) is 2.33. The molecule has 2 atom stereocenters. The van der Waals surface area contributed by atoms with E-state index < -0.39 is 21.3 Å². The van der Waals surface area contributed by atoms with E-state index in [9.17, 15) is 17.6 Å². The lowest BCUT2D eigenvalue weighted by Crippen LogP contribution is -2.41. The molecule has 2 rings (SSSR count). The van der Waals surface area contributed by atoms with Crippen LogP contribution in [0.5, 0.6) is 0 Å². The van der Waals surface area contributed by atoms with Gasteiger partial charge in [-0.1, -0.05) is 51.1 Å². The van der Waals surface area contributed by atoms with Crippen molar-refractivity contribution >= 4 is 39.0 Å². The van der Waals surface area contributed by atoms with Gasteiger partial charge in [-0.25, -0.2) is 12.8 Å². The van der Waals surface area contributed by atoms with Crippen molar-refractivity contribution in [1.82, 2.24) is 10.6 Å². The van der Waals surface area contributed by atoms with Crippen LogP contribution in [-0.2, 0) is 31.4 Å². The van der Waals surface area contributed by atoms with Gasteiger partial charge in [-0.15, -0.1) is 0 Å². The largest absolute Gasteiger partial charge is 0.465 e. The van der Waals surface area contributed by atoms with Gasteiger partial charge in [-0.05, 0) is 80.6 Å². The Hall–Kier alpha value is -2.72. The zero-order valence-electron chi connectivity index (χ0n) is 24.1. The number of hydrogen-bond donors (Lipinski definition) is 3. The molecular formula is C29H42FN3O4S2. The molecule has 0 amide bonds. The van der Waals surface area contributed by atoms with Crippen LogP contribution in [0.15, 0.2) is 42.5 Å². The summed E-state index contributed by atoms with van der Waals surface area (Å²) in [6.45, 7) is 14.5. The normalized spacial score (nSPS) is 13.8. The van der Waals surface area contributed by atoms with Crippen LogP contribution in [0.2, 0.25) is 0 Å². The third kappa shape index (κ3) is 11.1. The first-order valence-electron chi connectivity index (χ1n) is 12.9. The molecule has 10 heteroatoms. The van der Waals surface area contributed by atoms with Gasteiger partial charge in [0, 0.05) is 12.5 Å². The number of ether oxygens (including phenoxy) is 1. The SMILES string of the molecule is CC(NC(=S)NCC(COC(=O)C(C)(C)C)Cc1ccc(C(C)(C)C)cc1)c1ccc(NS(C)(=O)=O)c(F)c1. The molecule has 0 aliphatic carbocycles. The smallest absolute Gasteiger partial charge is 0.311 e. The van der Waals surface area contributed by atoms with E-state index in [1.807, 2.05) is 27.7 Å². The molecule has 3 N–H and O–H groups in total. The van der Waals surface area contributed by atoms with Crippen molar-refractivity contribution in [2.24, 2.45) is 11.3 Å². The second kappa shape index (κ2) is 13.1.